The van der Waals surface area contributed by atoms with E-state index in [4.69, 9.17) is 0 Å². The summed E-state index contributed by atoms with van der Waals surface area (Å²) in [6.07, 6.45) is 2.44. The molecule has 0 saturated carbocycles. The maximum Gasteiger partial charge on any atom is 0.126 e. The Bertz CT molecular complexity index is 477. The Hall–Kier alpha value is -1.77. The summed E-state index contributed by atoms with van der Waals surface area (Å²) in [6, 6.07) is 9.19. The lowest BCUT2D eigenvalue weighted by Gasteiger charge is -2.14. The molecular weight excluding hydrogens is 220 g/mol. The highest BCUT2D eigenvalue weighted by molar-refractivity contribution is 5.29. The fraction of sp³-hybridized carbons (Fsp3) is 0.214. The summed E-state index contributed by atoms with van der Waals surface area (Å²) < 4.78 is 26.4. The van der Waals surface area contributed by atoms with Crippen LogP contribution in [0.2, 0.25) is 0 Å². The van der Waals surface area contributed by atoms with E-state index in [1.165, 1.54) is 12.1 Å². The Morgan fingerprint density at radius 1 is 1.12 bits per heavy atom. The second kappa shape index (κ2) is 5.04. The van der Waals surface area contributed by atoms with Gasteiger partial charge in [-0.15, -0.1) is 0 Å². The van der Waals surface area contributed by atoms with E-state index in [-0.39, 0.29) is 5.92 Å². The molecule has 0 saturated heterocycles. The van der Waals surface area contributed by atoms with Gasteiger partial charge in [0, 0.05) is 23.9 Å². The van der Waals surface area contributed by atoms with Crippen LogP contribution in [-0.4, -0.2) is 4.98 Å². The quantitative estimate of drug-likeness (QED) is 0.783. The molecule has 0 aliphatic heterocycles. The van der Waals surface area contributed by atoms with Gasteiger partial charge in [0.15, 0.2) is 0 Å². The van der Waals surface area contributed by atoms with Crippen molar-refractivity contribution in [3.05, 3.63) is 65.5 Å². The second-order valence-electron chi connectivity index (χ2n) is 3.92. The zero-order valence-corrected chi connectivity index (χ0v) is 9.53. The molecule has 1 unspecified atom stereocenters. The third-order valence-corrected chi connectivity index (χ3v) is 2.74. The first-order chi connectivity index (χ1) is 8.20. The fourth-order valence-electron chi connectivity index (χ4n) is 1.97. The second-order valence-corrected chi connectivity index (χ2v) is 3.92. The summed E-state index contributed by atoms with van der Waals surface area (Å²) in [4.78, 5) is 4.24. The van der Waals surface area contributed by atoms with E-state index in [0.717, 1.165) is 18.2 Å². The summed E-state index contributed by atoms with van der Waals surface area (Å²) in [5, 5.41) is 0. The minimum Gasteiger partial charge on any atom is -0.261 e. The lowest BCUT2D eigenvalue weighted by Crippen LogP contribution is -2.03. The smallest absolute Gasteiger partial charge is 0.126 e. The Kier molecular flexibility index (Phi) is 3.47. The van der Waals surface area contributed by atoms with Crippen LogP contribution < -0.4 is 0 Å². The summed E-state index contributed by atoms with van der Waals surface area (Å²) in [5.74, 6) is -1.16. The van der Waals surface area contributed by atoms with Crippen LogP contribution in [0.1, 0.15) is 30.5 Å². The lowest BCUT2D eigenvalue weighted by molar-refractivity contribution is 0.575. The number of benzene rings is 1. The maximum absolute atomic E-state index is 13.2. The average molecular weight is 233 g/mol. The van der Waals surface area contributed by atoms with Gasteiger partial charge in [-0.2, -0.15) is 0 Å². The average Bonchev–Trinajstić information content (AvgIpc) is 2.30. The molecule has 88 valence electrons. The van der Waals surface area contributed by atoms with Gasteiger partial charge in [-0.05, 0) is 36.2 Å². The SMILES string of the molecule is CCC(c1cc(F)cc(F)c1)c1ccccn1. The molecule has 1 nitrogen and oxygen atoms in total. The zero-order valence-electron chi connectivity index (χ0n) is 9.53. The van der Waals surface area contributed by atoms with Crippen molar-refractivity contribution in [1.29, 1.82) is 0 Å². The molecular formula is C14H13F2N. The number of hydrogen-bond acceptors (Lipinski definition) is 1. The molecule has 0 N–H and O–H groups in total. The number of nitrogens with zero attached hydrogens (tertiary/aromatic N) is 1. The van der Waals surface area contributed by atoms with Gasteiger partial charge < -0.3 is 0 Å². The van der Waals surface area contributed by atoms with Gasteiger partial charge in [-0.3, -0.25) is 4.98 Å². The van der Waals surface area contributed by atoms with Gasteiger partial charge in [-0.1, -0.05) is 13.0 Å². The summed E-state index contributed by atoms with van der Waals surface area (Å²) in [6.45, 7) is 1.97. The first-order valence-electron chi connectivity index (χ1n) is 5.57. The zero-order chi connectivity index (χ0) is 12.3. The molecule has 0 radical (unpaired) electrons. The van der Waals surface area contributed by atoms with Crippen molar-refractivity contribution in [2.45, 2.75) is 19.3 Å². The molecule has 0 fully saturated rings. The van der Waals surface area contributed by atoms with Crippen molar-refractivity contribution in [3.8, 4) is 0 Å². The molecule has 0 amide bonds. The van der Waals surface area contributed by atoms with Gasteiger partial charge in [0.05, 0.1) is 0 Å². The highest BCUT2D eigenvalue weighted by Gasteiger charge is 2.14. The van der Waals surface area contributed by atoms with Crippen LogP contribution in [0.15, 0.2) is 42.6 Å². The molecule has 3 heteroatoms. The molecule has 0 spiro atoms. The van der Waals surface area contributed by atoms with Crippen LogP contribution >= 0.6 is 0 Å². The summed E-state index contributed by atoms with van der Waals surface area (Å²) >= 11 is 0. The van der Waals surface area contributed by atoms with Crippen LogP contribution in [0.5, 0.6) is 0 Å². The Morgan fingerprint density at radius 2 is 1.82 bits per heavy atom. The molecule has 0 aliphatic carbocycles. The third kappa shape index (κ3) is 2.67. The minimum absolute atomic E-state index is 0.0681. The molecule has 0 aliphatic rings. The highest BCUT2D eigenvalue weighted by Crippen LogP contribution is 2.27. The molecule has 17 heavy (non-hydrogen) atoms. The number of rotatable bonds is 3. The van der Waals surface area contributed by atoms with Crippen molar-refractivity contribution in [2.75, 3.05) is 0 Å². The van der Waals surface area contributed by atoms with E-state index in [1.807, 2.05) is 25.1 Å². The fourth-order valence-corrected chi connectivity index (χ4v) is 1.97. The van der Waals surface area contributed by atoms with Crippen LogP contribution in [0, 0.1) is 11.6 Å². The number of hydrogen-bond donors (Lipinski definition) is 0. The maximum atomic E-state index is 13.2. The molecule has 1 aromatic heterocycles. The van der Waals surface area contributed by atoms with E-state index in [2.05, 4.69) is 4.98 Å². The van der Waals surface area contributed by atoms with Gasteiger partial charge in [0.2, 0.25) is 0 Å². The Morgan fingerprint density at radius 3 is 2.35 bits per heavy atom. The predicted octanol–water partition coefficient (Wildman–Crippen LogP) is 3.90. The molecule has 0 bridgehead atoms. The summed E-state index contributed by atoms with van der Waals surface area (Å²) in [7, 11) is 0. The standard InChI is InChI=1S/C14H13F2N/c1-2-13(14-5-3-4-6-17-14)10-7-11(15)9-12(16)8-10/h3-9,13H,2H2,1H3. The van der Waals surface area contributed by atoms with E-state index in [9.17, 15) is 8.78 Å². The van der Waals surface area contributed by atoms with Crippen LogP contribution in [0.4, 0.5) is 8.78 Å². The van der Waals surface area contributed by atoms with E-state index in [0.29, 0.717) is 5.56 Å². The van der Waals surface area contributed by atoms with E-state index < -0.39 is 11.6 Å². The monoisotopic (exact) mass is 233 g/mol. The van der Waals surface area contributed by atoms with E-state index in [1.54, 1.807) is 6.20 Å². The van der Waals surface area contributed by atoms with Gasteiger partial charge in [0.1, 0.15) is 11.6 Å². The van der Waals surface area contributed by atoms with Crippen LogP contribution in [0.25, 0.3) is 0 Å². The first-order valence-corrected chi connectivity index (χ1v) is 5.57. The van der Waals surface area contributed by atoms with Crippen molar-refractivity contribution in [2.24, 2.45) is 0 Å². The molecule has 1 aromatic carbocycles. The van der Waals surface area contributed by atoms with Gasteiger partial charge in [0.25, 0.3) is 0 Å². The van der Waals surface area contributed by atoms with Crippen molar-refractivity contribution < 1.29 is 8.78 Å². The molecule has 2 aromatic rings. The first kappa shape index (κ1) is 11.7. The van der Waals surface area contributed by atoms with Crippen LogP contribution in [0.3, 0.4) is 0 Å². The molecule has 2 rings (SSSR count). The summed E-state index contributed by atoms with van der Waals surface area (Å²) in [5.41, 5.74) is 1.46. The molecule has 1 heterocycles. The van der Waals surface area contributed by atoms with Crippen molar-refractivity contribution in [1.82, 2.24) is 4.98 Å². The lowest BCUT2D eigenvalue weighted by atomic mass is 9.92. The normalized spacial score (nSPS) is 12.4. The number of halogens is 2. The Balaban J connectivity index is 2.42. The number of aromatic nitrogens is 1. The number of pyridine rings is 1. The van der Waals surface area contributed by atoms with E-state index >= 15 is 0 Å². The topological polar surface area (TPSA) is 12.9 Å². The molecule has 1 atom stereocenters. The Labute approximate surface area is 99.1 Å². The van der Waals surface area contributed by atoms with Crippen molar-refractivity contribution >= 4 is 0 Å². The van der Waals surface area contributed by atoms with Crippen molar-refractivity contribution in [3.63, 3.8) is 0 Å². The largest absolute Gasteiger partial charge is 0.261 e. The van der Waals surface area contributed by atoms with Gasteiger partial charge in [-0.25, -0.2) is 8.78 Å². The third-order valence-electron chi connectivity index (χ3n) is 2.74. The predicted molar refractivity (Wildman–Crippen MR) is 62.7 cm³/mol. The van der Waals surface area contributed by atoms with Crippen LogP contribution in [-0.2, 0) is 0 Å². The minimum atomic E-state index is -0.547. The highest BCUT2D eigenvalue weighted by atomic mass is 19.1. The van der Waals surface area contributed by atoms with Gasteiger partial charge >= 0.3 is 0 Å².